The number of hydrogen-bond acceptors (Lipinski definition) is 5. The number of piperidine rings is 1. The predicted octanol–water partition coefficient (Wildman–Crippen LogP) is 1.22. The van der Waals surface area contributed by atoms with E-state index in [0.29, 0.717) is 29.7 Å². The summed E-state index contributed by atoms with van der Waals surface area (Å²) in [6.45, 7) is 2.15. The fourth-order valence-corrected chi connectivity index (χ4v) is 4.41. The number of halogens is 1. The first-order valence-electron chi connectivity index (χ1n) is 9.21. The van der Waals surface area contributed by atoms with Crippen molar-refractivity contribution in [2.75, 3.05) is 19.6 Å². The Morgan fingerprint density at radius 1 is 1.25 bits per heavy atom. The van der Waals surface area contributed by atoms with E-state index in [2.05, 4.69) is 25.8 Å². The van der Waals surface area contributed by atoms with Gasteiger partial charge in [0.05, 0.1) is 12.2 Å². The standard InChI is InChI=1S/C19H20N6O2.ClH/c26-17-3-1-2-15-12-6-13(8-20-7-12)16(25(15)17)10-21-19(27)14-5-4-11-9-22-24-18(11)23-14;/h1-5,9,12-13,16,20H,6-8,10H2,(H,21,27)(H,22,23,24);1H/t12-,13+,16+;/m1./s1. The van der Waals surface area contributed by atoms with Crippen LogP contribution in [0.2, 0.25) is 0 Å². The average Bonchev–Trinajstić information content (AvgIpc) is 3.16. The maximum absolute atomic E-state index is 12.6. The van der Waals surface area contributed by atoms with E-state index in [9.17, 15) is 9.59 Å². The molecule has 0 unspecified atom stereocenters. The van der Waals surface area contributed by atoms with Gasteiger partial charge in [0, 0.05) is 42.7 Å². The van der Waals surface area contributed by atoms with Crippen molar-refractivity contribution in [1.29, 1.82) is 0 Å². The number of nitrogens with zero attached hydrogens (tertiary/aromatic N) is 3. The summed E-state index contributed by atoms with van der Waals surface area (Å²) in [5.74, 6) is 0.427. The summed E-state index contributed by atoms with van der Waals surface area (Å²) in [6, 6.07) is 8.89. The summed E-state index contributed by atoms with van der Waals surface area (Å²) < 4.78 is 1.88. The SMILES string of the molecule is Cl.O=C(NC[C@H]1[C@@H]2CNC[C@@H](C2)c2cccc(=O)n21)c1ccc2cn[nH]c2n1. The van der Waals surface area contributed by atoms with Crippen LogP contribution in [0.3, 0.4) is 0 Å². The zero-order valence-corrected chi connectivity index (χ0v) is 15.9. The topological polar surface area (TPSA) is 105 Å². The molecule has 0 saturated carbocycles. The number of carbonyl (C=O) groups excluding carboxylic acids is 1. The maximum atomic E-state index is 12.6. The molecule has 0 radical (unpaired) electrons. The van der Waals surface area contributed by atoms with Crippen molar-refractivity contribution in [3.8, 4) is 0 Å². The lowest BCUT2D eigenvalue weighted by atomic mass is 9.79. The van der Waals surface area contributed by atoms with Crippen LogP contribution in [0.15, 0.2) is 41.3 Å². The van der Waals surface area contributed by atoms with Gasteiger partial charge in [-0.25, -0.2) is 4.98 Å². The summed E-state index contributed by atoms with van der Waals surface area (Å²) in [5, 5.41) is 14.0. The molecule has 2 bridgehead atoms. The van der Waals surface area contributed by atoms with E-state index in [4.69, 9.17) is 0 Å². The highest BCUT2D eigenvalue weighted by atomic mass is 35.5. The molecule has 3 aromatic heterocycles. The Morgan fingerprint density at radius 2 is 2.14 bits per heavy atom. The molecule has 1 amide bonds. The van der Waals surface area contributed by atoms with Gasteiger partial charge in [-0.15, -0.1) is 12.4 Å². The molecule has 1 saturated heterocycles. The second kappa shape index (κ2) is 7.37. The van der Waals surface area contributed by atoms with Crippen LogP contribution in [-0.2, 0) is 0 Å². The third-order valence-electron chi connectivity index (χ3n) is 5.70. The second-order valence-electron chi connectivity index (χ2n) is 7.29. The summed E-state index contributed by atoms with van der Waals surface area (Å²) in [7, 11) is 0. The highest BCUT2D eigenvalue weighted by Gasteiger charge is 2.37. The Labute approximate surface area is 167 Å². The second-order valence-corrected chi connectivity index (χ2v) is 7.29. The van der Waals surface area contributed by atoms with E-state index in [1.807, 2.05) is 22.8 Å². The molecule has 5 rings (SSSR count). The molecule has 0 aromatic carbocycles. The van der Waals surface area contributed by atoms with Gasteiger partial charge in [-0.3, -0.25) is 14.7 Å². The molecule has 0 spiro atoms. The summed E-state index contributed by atoms with van der Waals surface area (Å²) in [5.41, 5.74) is 1.98. The van der Waals surface area contributed by atoms with Crippen LogP contribution >= 0.6 is 12.4 Å². The smallest absolute Gasteiger partial charge is 0.270 e. The van der Waals surface area contributed by atoms with Crippen LogP contribution in [-0.4, -0.2) is 45.3 Å². The van der Waals surface area contributed by atoms with Gasteiger partial charge in [-0.05, 0) is 30.5 Å². The van der Waals surface area contributed by atoms with E-state index < -0.39 is 0 Å². The van der Waals surface area contributed by atoms with Crippen molar-refractivity contribution in [3.05, 3.63) is 58.3 Å². The molecule has 9 heteroatoms. The first-order chi connectivity index (χ1) is 13.2. The van der Waals surface area contributed by atoms with Gasteiger partial charge < -0.3 is 15.2 Å². The summed E-state index contributed by atoms with van der Waals surface area (Å²) in [4.78, 5) is 29.5. The third kappa shape index (κ3) is 3.08. The zero-order chi connectivity index (χ0) is 18.4. The molecule has 146 valence electrons. The fourth-order valence-electron chi connectivity index (χ4n) is 4.41. The Balaban J connectivity index is 0.00000192. The first kappa shape index (κ1) is 18.6. The van der Waals surface area contributed by atoms with Crippen molar-refractivity contribution in [2.45, 2.75) is 18.4 Å². The maximum Gasteiger partial charge on any atom is 0.270 e. The number of pyridine rings is 2. The molecule has 3 aromatic rings. The predicted molar refractivity (Wildman–Crippen MR) is 107 cm³/mol. The van der Waals surface area contributed by atoms with Gasteiger partial charge in [0.1, 0.15) is 5.69 Å². The quantitative estimate of drug-likeness (QED) is 0.613. The summed E-state index contributed by atoms with van der Waals surface area (Å²) in [6.07, 6.45) is 2.71. The van der Waals surface area contributed by atoms with Gasteiger partial charge in [0.25, 0.3) is 11.5 Å². The third-order valence-corrected chi connectivity index (χ3v) is 5.70. The van der Waals surface area contributed by atoms with E-state index in [0.717, 1.165) is 30.6 Å². The molecule has 5 heterocycles. The number of aromatic nitrogens is 4. The average molecular weight is 401 g/mol. The van der Waals surface area contributed by atoms with Crippen molar-refractivity contribution in [1.82, 2.24) is 30.4 Å². The van der Waals surface area contributed by atoms with Crippen LogP contribution in [0.25, 0.3) is 11.0 Å². The molecule has 2 aliphatic heterocycles. The molecule has 8 nitrogen and oxygen atoms in total. The lowest BCUT2D eigenvalue weighted by Crippen LogP contribution is -2.50. The monoisotopic (exact) mass is 400 g/mol. The van der Waals surface area contributed by atoms with Gasteiger partial charge in [0.2, 0.25) is 0 Å². The number of aromatic amines is 1. The molecule has 2 aliphatic rings. The number of amides is 1. The molecule has 28 heavy (non-hydrogen) atoms. The van der Waals surface area contributed by atoms with Gasteiger partial charge in [-0.2, -0.15) is 5.10 Å². The Hall–Kier alpha value is -2.71. The van der Waals surface area contributed by atoms with E-state index in [1.54, 1.807) is 18.3 Å². The van der Waals surface area contributed by atoms with Crippen LogP contribution in [0.5, 0.6) is 0 Å². The van der Waals surface area contributed by atoms with E-state index in [1.165, 1.54) is 0 Å². The zero-order valence-electron chi connectivity index (χ0n) is 15.1. The van der Waals surface area contributed by atoms with Crippen molar-refractivity contribution in [2.24, 2.45) is 5.92 Å². The van der Waals surface area contributed by atoms with Crippen molar-refractivity contribution >= 4 is 29.3 Å². The Bertz CT molecular complexity index is 1080. The Kier molecular flexibility index (Phi) is 4.91. The van der Waals surface area contributed by atoms with Gasteiger partial charge >= 0.3 is 0 Å². The van der Waals surface area contributed by atoms with Crippen LogP contribution in [0.4, 0.5) is 0 Å². The molecule has 1 fully saturated rings. The number of nitrogens with one attached hydrogen (secondary N) is 3. The summed E-state index contributed by atoms with van der Waals surface area (Å²) >= 11 is 0. The van der Waals surface area contributed by atoms with Crippen LogP contribution in [0.1, 0.15) is 34.6 Å². The molecular formula is C19H21ClN6O2. The molecule has 0 aliphatic carbocycles. The lowest BCUT2D eigenvalue weighted by molar-refractivity contribution is 0.0927. The largest absolute Gasteiger partial charge is 0.349 e. The lowest BCUT2D eigenvalue weighted by Gasteiger charge is -2.43. The van der Waals surface area contributed by atoms with Crippen molar-refractivity contribution in [3.63, 3.8) is 0 Å². The first-order valence-corrected chi connectivity index (χ1v) is 9.21. The van der Waals surface area contributed by atoms with Gasteiger partial charge in [0.15, 0.2) is 5.65 Å². The normalized spacial score (nSPS) is 22.9. The van der Waals surface area contributed by atoms with Crippen LogP contribution < -0.4 is 16.2 Å². The number of H-pyrrole nitrogens is 1. The van der Waals surface area contributed by atoms with Gasteiger partial charge in [-0.1, -0.05) is 6.07 Å². The number of fused-ring (bicyclic) bond motifs is 5. The number of carbonyl (C=O) groups is 1. The van der Waals surface area contributed by atoms with E-state index in [-0.39, 0.29) is 29.9 Å². The minimum Gasteiger partial charge on any atom is -0.349 e. The minimum absolute atomic E-state index is 0. The Morgan fingerprint density at radius 3 is 3.04 bits per heavy atom. The molecule has 3 N–H and O–H groups in total. The van der Waals surface area contributed by atoms with Crippen LogP contribution in [0, 0.1) is 5.92 Å². The van der Waals surface area contributed by atoms with Crippen molar-refractivity contribution < 1.29 is 4.79 Å². The van der Waals surface area contributed by atoms with E-state index >= 15 is 0 Å². The number of hydrogen-bond donors (Lipinski definition) is 3. The molecule has 3 atom stereocenters. The minimum atomic E-state index is -0.247. The fraction of sp³-hybridized carbons (Fsp3) is 0.368. The highest BCUT2D eigenvalue weighted by molar-refractivity contribution is 5.94. The molecular weight excluding hydrogens is 380 g/mol. The highest BCUT2D eigenvalue weighted by Crippen LogP contribution is 2.38. The number of rotatable bonds is 3.